The summed E-state index contributed by atoms with van der Waals surface area (Å²) < 4.78 is 30.7. The van der Waals surface area contributed by atoms with E-state index in [9.17, 15) is 13.2 Å². The third-order valence-corrected chi connectivity index (χ3v) is 5.60. The molecule has 0 fully saturated rings. The highest BCUT2D eigenvalue weighted by Crippen LogP contribution is 2.21. The summed E-state index contributed by atoms with van der Waals surface area (Å²) >= 11 is 0. The van der Waals surface area contributed by atoms with Gasteiger partial charge in [-0.15, -0.1) is 0 Å². The molecule has 0 bridgehead atoms. The Kier molecular flexibility index (Phi) is 6.34. The van der Waals surface area contributed by atoms with Crippen molar-refractivity contribution in [1.29, 1.82) is 0 Å². The average molecular weight is 416 g/mol. The molecule has 1 heterocycles. The largest absolute Gasteiger partial charge is 0.457 e. The Balaban J connectivity index is 1.80. The fraction of sp³-hybridized carbons (Fsp3) is 0.333. The summed E-state index contributed by atoms with van der Waals surface area (Å²) in [4.78, 5) is 16.7. The van der Waals surface area contributed by atoms with Crippen LogP contribution in [0.15, 0.2) is 47.4 Å². The number of primary sulfonamides is 1. The van der Waals surface area contributed by atoms with Gasteiger partial charge in [0.05, 0.1) is 22.3 Å². The molecule has 2 N–H and O–H groups in total. The van der Waals surface area contributed by atoms with E-state index in [1.165, 1.54) is 12.1 Å². The van der Waals surface area contributed by atoms with Crippen molar-refractivity contribution in [2.45, 2.75) is 51.2 Å². The predicted molar refractivity (Wildman–Crippen MR) is 111 cm³/mol. The number of nitrogens with zero attached hydrogens (tertiary/aromatic N) is 2. The summed E-state index contributed by atoms with van der Waals surface area (Å²) in [6.45, 7) is 4.80. The van der Waals surface area contributed by atoms with Gasteiger partial charge in [-0.2, -0.15) is 0 Å². The number of carbonyl (C=O) groups is 1. The van der Waals surface area contributed by atoms with Crippen molar-refractivity contribution in [3.05, 3.63) is 59.4 Å². The molecule has 0 atom stereocenters. The Labute approximate surface area is 170 Å². The molecule has 0 aliphatic carbocycles. The van der Waals surface area contributed by atoms with Crippen LogP contribution in [-0.2, 0) is 39.1 Å². The van der Waals surface area contributed by atoms with Gasteiger partial charge in [0.15, 0.2) is 0 Å². The van der Waals surface area contributed by atoms with E-state index in [4.69, 9.17) is 9.88 Å². The van der Waals surface area contributed by atoms with Gasteiger partial charge >= 0.3 is 5.97 Å². The average Bonchev–Trinajstić information content (AvgIpc) is 3.02. The van der Waals surface area contributed by atoms with Gasteiger partial charge in [-0.25, -0.2) is 18.5 Å². The number of rotatable bonds is 8. The summed E-state index contributed by atoms with van der Waals surface area (Å²) in [5.74, 6) is 0.241. The number of carbonyl (C=O) groups excluding carboxylic acids is 1. The lowest BCUT2D eigenvalue weighted by Gasteiger charge is -2.09. The van der Waals surface area contributed by atoms with Crippen LogP contribution in [0.1, 0.15) is 36.7 Å². The smallest absolute Gasteiger partial charge is 0.310 e. The van der Waals surface area contributed by atoms with E-state index < -0.39 is 10.0 Å². The Hall–Kier alpha value is -2.71. The molecule has 8 heteroatoms. The summed E-state index contributed by atoms with van der Waals surface area (Å²) in [6, 6.07) is 12.3. The highest BCUT2D eigenvalue weighted by atomic mass is 32.2. The van der Waals surface area contributed by atoms with Crippen LogP contribution in [-0.4, -0.2) is 23.9 Å². The zero-order chi connectivity index (χ0) is 21.0. The van der Waals surface area contributed by atoms with Crippen molar-refractivity contribution in [3.8, 4) is 0 Å². The van der Waals surface area contributed by atoms with Crippen molar-refractivity contribution in [3.63, 3.8) is 0 Å². The van der Waals surface area contributed by atoms with Crippen LogP contribution in [0.5, 0.6) is 0 Å². The topological polar surface area (TPSA) is 104 Å². The molecule has 7 nitrogen and oxygen atoms in total. The van der Waals surface area contributed by atoms with Gasteiger partial charge in [0.1, 0.15) is 12.4 Å². The second-order valence-corrected chi connectivity index (χ2v) is 8.61. The van der Waals surface area contributed by atoms with Crippen molar-refractivity contribution in [2.24, 2.45) is 5.14 Å². The fourth-order valence-corrected chi connectivity index (χ4v) is 3.61. The maximum absolute atomic E-state index is 12.2. The Morgan fingerprint density at radius 2 is 1.90 bits per heavy atom. The number of esters is 1. The monoisotopic (exact) mass is 415 g/mol. The number of hydrogen-bond donors (Lipinski definition) is 1. The first-order chi connectivity index (χ1) is 13.8. The minimum atomic E-state index is -3.81. The number of aromatic nitrogens is 2. The molecule has 0 aliphatic rings. The van der Waals surface area contributed by atoms with Crippen LogP contribution in [0.3, 0.4) is 0 Å². The van der Waals surface area contributed by atoms with Gasteiger partial charge in [0.25, 0.3) is 0 Å². The first-order valence-corrected chi connectivity index (χ1v) is 11.1. The van der Waals surface area contributed by atoms with E-state index >= 15 is 0 Å². The number of fused-ring (bicyclic) bond motifs is 1. The van der Waals surface area contributed by atoms with Crippen LogP contribution >= 0.6 is 0 Å². The number of unbranched alkanes of at least 4 members (excludes halogenated alkanes) is 1. The minimum absolute atomic E-state index is 0.00746. The zero-order valence-electron chi connectivity index (χ0n) is 16.6. The molecule has 0 radical (unpaired) electrons. The molecule has 2 aromatic carbocycles. The van der Waals surface area contributed by atoms with Gasteiger partial charge in [0, 0.05) is 6.54 Å². The van der Waals surface area contributed by atoms with Crippen LogP contribution < -0.4 is 5.14 Å². The lowest BCUT2D eigenvalue weighted by Crippen LogP contribution is -2.12. The highest BCUT2D eigenvalue weighted by molar-refractivity contribution is 7.89. The number of sulfonamides is 1. The molecule has 0 spiro atoms. The second-order valence-electron chi connectivity index (χ2n) is 7.05. The van der Waals surface area contributed by atoms with E-state index in [1.807, 2.05) is 35.8 Å². The SMILES string of the molecule is CCCCn1c(COC(=O)Cc2ccc(C)cc2)nc2cc(S(N)(=O)=O)ccc21. The lowest BCUT2D eigenvalue weighted by atomic mass is 10.1. The first kappa shape index (κ1) is 21.0. The van der Waals surface area contributed by atoms with Crippen LogP contribution in [0.2, 0.25) is 0 Å². The molecule has 3 aromatic rings. The van der Waals surface area contributed by atoms with Crippen LogP contribution in [0.4, 0.5) is 0 Å². The van der Waals surface area contributed by atoms with E-state index in [2.05, 4.69) is 11.9 Å². The molecule has 0 unspecified atom stereocenters. The van der Waals surface area contributed by atoms with E-state index in [0.29, 0.717) is 17.9 Å². The van der Waals surface area contributed by atoms with Crippen molar-refractivity contribution in [1.82, 2.24) is 9.55 Å². The number of aryl methyl sites for hydroxylation is 2. The Bertz CT molecular complexity index is 1120. The molecule has 1 aromatic heterocycles. The normalized spacial score (nSPS) is 11.7. The third-order valence-electron chi connectivity index (χ3n) is 4.69. The highest BCUT2D eigenvalue weighted by Gasteiger charge is 2.16. The van der Waals surface area contributed by atoms with Gasteiger partial charge in [-0.1, -0.05) is 43.2 Å². The van der Waals surface area contributed by atoms with Crippen LogP contribution in [0, 0.1) is 6.92 Å². The zero-order valence-corrected chi connectivity index (χ0v) is 17.4. The quantitative estimate of drug-likeness (QED) is 0.569. The Morgan fingerprint density at radius 3 is 2.55 bits per heavy atom. The maximum atomic E-state index is 12.2. The first-order valence-electron chi connectivity index (χ1n) is 9.51. The summed E-state index contributed by atoms with van der Waals surface area (Å²) in [5.41, 5.74) is 3.32. The van der Waals surface area contributed by atoms with Crippen molar-refractivity contribution >= 4 is 27.0 Å². The predicted octanol–water partition coefficient (Wildman–Crippen LogP) is 3.08. The molecule has 3 rings (SSSR count). The number of ether oxygens (including phenoxy) is 1. The molecular weight excluding hydrogens is 390 g/mol. The summed E-state index contributed by atoms with van der Waals surface area (Å²) in [6.07, 6.45) is 2.10. The third kappa shape index (κ3) is 5.21. The molecule has 0 aliphatic heterocycles. The number of benzene rings is 2. The fourth-order valence-electron chi connectivity index (χ4n) is 3.08. The van der Waals surface area contributed by atoms with Crippen molar-refractivity contribution in [2.75, 3.05) is 0 Å². The van der Waals surface area contributed by atoms with Gasteiger partial charge in [0.2, 0.25) is 10.0 Å². The summed E-state index contributed by atoms with van der Waals surface area (Å²) in [7, 11) is -3.81. The Morgan fingerprint density at radius 1 is 1.17 bits per heavy atom. The molecule has 0 saturated carbocycles. The molecule has 29 heavy (non-hydrogen) atoms. The van der Waals surface area contributed by atoms with E-state index in [-0.39, 0.29) is 23.9 Å². The van der Waals surface area contributed by atoms with E-state index in [0.717, 1.165) is 29.5 Å². The van der Waals surface area contributed by atoms with Crippen LogP contribution in [0.25, 0.3) is 11.0 Å². The molecule has 154 valence electrons. The standard InChI is InChI=1S/C21H25N3O4S/c1-3-4-11-24-19-10-9-17(29(22,26)27)13-18(19)23-20(24)14-28-21(25)12-16-7-5-15(2)6-8-16/h5-10,13H,3-4,11-12,14H2,1-2H3,(H2,22,26,27). The minimum Gasteiger partial charge on any atom is -0.457 e. The maximum Gasteiger partial charge on any atom is 0.310 e. The van der Waals surface area contributed by atoms with Crippen molar-refractivity contribution < 1.29 is 17.9 Å². The van der Waals surface area contributed by atoms with Gasteiger partial charge in [-0.3, -0.25) is 4.79 Å². The molecule has 0 saturated heterocycles. The lowest BCUT2D eigenvalue weighted by molar-refractivity contribution is -0.144. The van der Waals surface area contributed by atoms with Gasteiger partial charge < -0.3 is 9.30 Å². The number of hydrogen-bond acceptors (Lipinski definition) is 5. The molecular formula is C21H25N3O4S. The number of imidazole rings is 1. The van der Waals surface area contributed by atoms with Gasteiger partial charge in [-0.05, 0) is 37.1 Å². The summed E-state index contributed by atoms with van der Waals surface area (Å²) in [5, 5.41) is 5.22. The molecule has 0 amide bonds. The van der Waals surface area contributed by atoms with E-state index in [1.54, 1.807) is 6.07 Å². The second kappa shape index (κ2) is 8.75. The number of nitrogens with two attached hydrogens (primary N) is 1.